The molecule has 1 rings (SSSR count). The van der Waals surface area contributed by atoms with Gasteiger partial charge >= 0.3 is 5.97 Å². The topological polar surface area (TPSA) is 98.5 Å². The Morgan fingerprint density at radius 2 is 2.14 bits per heavy atom. The normalized spacial score (nSPS) is 11.6. The number of nitro benzene ring substituents is 1. The lowest BCUT2D eigenvalue weighted by molar-refractivity contribution is -0.385. The van der Waals surface area contributed by atoms with Crippen LogP contribution in [0.3, 0.4) is 0 Å². The Morgan fingerprint density at radius 3 is 2.71 bits per heavy atom. The predicted octanol–water partition coefficient (Wildman–Crippen LogP) is 2.43. The van der Waals surface area contributed by atoms with Crippen LogP contribution in [0.15, 0.2) is 22.7 Å². The molecule has 0 saturated heterocycles. The summed E-state index contributed by atoms with van der Waals surface area (Å²) in [6, 6.07) is 3.85. The van der Waals surface area contributed by atoms with E-state index in [1.165, 1.54) is 12.1 Å². The quantitative estimate of drug-likeness (QED) is 0.478. The molecule has 1 aromatic carbocycles. The van der Waals surface area contributed by atoms with Crippen molar-refractivity contribution in [3.8, 4) is 0 Å². The van der Waals surface area contributed by atoms with Crippen molar-refractivity contribution in [1.29, 1.82) is 0 Å². The number of nitrogens with one attached hydrogen (secondary N) is 1. The Labute approximate surface area is 129 Å². The Kier molecular flexibility index (Phi) is 6.29. The minimum atomic E-state index is -0.787. The zero-order chi connectivity index (χ0) is 16.0. The molecule has 1 N–H and O–H groups in total. The highest BCUT2D eigenvalue weighted by atomic mass is 79.9. The molecule has 0 bridgehead atoms. The molecule has 8 heteroatoms. The minimum Gasteiger partial charge on any atom is -0.452 e. The van der Waals surface area contributed by atoms with Crippen LogP contribution >= 0.6 is 15.9 Å². The molecule has 21 heavy (non-hydrogen) atoms. The second-order valence-electron chi connectivity index (χ2n) is 4.38. The molecule has 0 aliphatic rings. The van der Waals surface area contributed by atoms with Crippen molar-refractivity contribution in [1.82, 2.24) is 5.32 Å². The number of halogens is 1. The molecule has 1 atom stereocenters. The lowest BCUT2D eigenvalue weighted by Crippen LogP contribution is -2.35. The Hall–Kier alpha value is -1.96. The van der Waals surface area contributed by atoms with Gasteiger partial charge in [-0.1, -0.05) is 6.92 Å². The van der Waals surface area contributed by atoms with Crippen molar-refractivity contribution >= 4 is 33.5 Å². The molecule has 0 unspecified atom stereocenters. The van der Waals surface area contributed by atoms with Gasteiger partial charge < -0.3 is 10.1 Å². The molecule has 0 heterocycles. The van der Waals surface area contributed by atoms with Gasteiger partial charge in [0.25, 0.3) is 11.6 Å². The summed E-state index contributed by atoms with van der Waals surface area (Å²) in [4.78, 5) is 33.4. The first-order valence-corrected chi connectivity index (χ1v) is 7.04. The highest BCUT2D eigenvalue weighted by molar-refractivity contribution is 9.10. The lowest BCUT2D eigenvalue weighted by atomic mass is 10.2. The second-order valence-corrected chi connectivity index (χ2v) is 5.23. The minimum absolute atomic E-state index is 0.00929. The molecule has 0 aliphatic carbocycles. The maximum atomic E-state index is 11.8. The summed E-state index contributed by atoms with van der Waals surface area (Å²) in [5.74, 6) is -1.20. The van der Waals surface area contributed by atoms with Crippen LogP contribution in [0.4, 0.5) is 5.69 Å². The van der Waals surface area contributed by atoms with Crippen LogP contribution in [0.25, 0.3) is 0 Å². The molecule has 0 saturated carbocycles. The molecular formula is C13H15BrN2O5. The number of carbonyl (C=O) groups is 2. The number of rotatable bonds is 6. The fourth-order valence-corrected chi connectivity index (χ4v) is 1.80. The van der Waals surface area contributed by atoms with Gasteiger partial charge in [0, 0.05) is 12.1 Å². The van der Waals surface area contributed by atoms with Crippen molar-refractivity contribution in [2.24, 2.45) is 0 Å². The zero-order valence-corrected chi connectivity index (χ0v) is 13.2. The van der Waals surface area contributed by atoms with E-state index >= 15 is 0 Å². The molecule has 0 aliphatic heterocycles. The highest BCUT2D eigenvalue weighted by Crippen LogP contribution is 2.25. The number of ether oxygens (including phenoxy) is 1. The number of esters is 1. The van der Waals surface area contributed by atoms with Crippen LogP contribution < -0.4 is 5.32 Å². The van der Waals surface area contributed by atoms with Gasteiger partial charge in [0.2, 0.25) is 0 Å². The number of carbonyl (C=O) groups excluding carboxylic acids is 2. The van der Waals surface area contributed by atoms with E-state index in [1.54, 1.807) is 0 Å². The third-order valence-corrected chi connectivity index (χ3v) is 3.40. The van der Waals surface area contributed by atoms with Crippen molar-refractivity contribution in [3.05, 3.63) is 38.3 Å². The van der Waals surface area contributed by atoms with Crippen LogP contribution in [-0.4, -0.2) is 29.4 Å². The molecule has 0 spiro atoms. The van der Waals surface area contributed by atoms with E-state index in [-0.39, 0.29) is 21.8 Å². The van der Waals surface area contributed by atoms with Gasteiger partial charge in [-0.3, -0.25) is 14.9 Å². The molecule has 1 amide bonds. The first kappa shape index (κ1) is 17.1. The van der Waals surface area contributed by atoms with Gasteiger partial charge in [0.05, 0.1) is 15.0 Å². The molecule has 0 aromatic heterocycles. The van der Waals surface area contributed by atoms with Gasteiger partial charge in [-0.25, -0.2) is 4.79 Å². The summed E-state index contributed by atoms with van der Waals surface area (Å²) < 4.78 is 5.08. The van der Waals surface area contributed by atoms with Crippen LogP contribution in [-0.2, 0) is 9.53 Å². The average molecular weight is 359 g/mol. The van der Waals surface area contributed by atoms with E-state index in [1.807, 2.05) is 13.8 Å². The molecule has 0 fully saturated rings. The molecule has 0 radical (unpaired) electrons. The highest BCUT2D eigenvalue weighted by Gasteiger charge is 2.17. The van der Waals surface area contributed by atoms with Gasteiger partial charge in [0.15, 0.2) is 6.61 Å². The number of nitro groups is 1. The van der Waals surface area contributed by atoms with E-state index in [9.17, 15) is 19.7 Å². The summed E-state index contributed by atoms with van der Waals surface area (Å²) in [6.45, 7) is 3.32. The van der Waals surface area contributed by atoms with Gasteiger partial charge in [0.1, 0.15) is 0 Å². The zero-order valence-electron chi connectivity index (χ0n) is 11.6. The number of benzene rings is 1. The first-order valence-electron chi connectivity index (χ1n) is 6.25. The summed E-state index contributed by atoms with van der Waals surface area (Å²) in [5, 5.41) is 13.4. The monoisotopic (exact) mass is 358 g/mol. The van der Waals surface area contributed by atoms with Crippen molar-refractivity contribution < 1.29 is 19.2 Å². The van der Waals surface area contributed by atoms with Gasteiger partial charge in [-0.05, 0) is 41.4 Å². The predicted molar refractivity (Wildman–Crippen MR) is 79.0 cm³/mol. The van der Waals surface area contributed by atoms with Crippen LogP contribution in [0, 0.1) is 10.1 Å². The van der Waals surface area contributed by atoms with Crippen LogP contribution in [0.2, 0.25) is 0 Å². The first-order chi connectivity index (χ1) is 9.85. The standard InChI is InChI=1S/C13H15BrN2O5/c1-3-8(2)15-12(17)7-21-13(18)9-4-5-10(14)11(6-9)16(19)20/h4-6,8H,3,7H2,1-2H3,(H,15,17)/t8-/m1/s1. The maximum Gasteiger partial charge on any atom is 0.338 e. The van der Waals surface area contributed by atoms with E-state index in [0.29, 0.717) is 0 Å². The second kappa shape index (κ2) is 7.72. The fraction of sp³-hybridized carbons (Fsp3) is 0.385. The molecular weight excluding hydrogens is 344 g/mol. The molecule has 7 nitrogen and oxygen atoms in total. The van der Waals surface area contributed by atoms with Crippen LogP contribution in [0.1, 0.15) is 30.6 Å². The lowest BCUT2D eigenvalue weighted by Gasteiger charge is -2.11. The summed E-state index contributed by atoms with van der Waals surface area (Å²) >= 11 is 3.02. The van der Waals surface area contributed by atoms with Crippen LogP contribution in [0.5, 0.6) is 0 Å². The number of hydrogen-bond donors (Lipinski definition) is 1. The summed E-state index contributed by atoms with van der Waals surface area (Å²) in [6.07, 6.45) is 0.762. The Bertz CT molecular complexity index is 561. The summed E-state index contributed by atoms with van der Waals surface area (Å²) in [5.41, 5.74) is -0.227. The third kappa shape index (κ3) is 5.14. The number of nitrogens with zero attached hydrogens (tertiary/aromatic N) is 1. The fourth-order valence-electron chi connectivity index (χ4n) is 1.41. The van der Waals surface area contributed by atoms with E-state index in [0.717, 1.165) is 12.5 Å². The number of hydrogen-bond acceptors (Lipinski definition) is 5. The molecule has 114 valence electrons. The Balaban J connectivity index is 2.66. The maximum absolute atomic E-state index is 11.8. The largest absolute Gasteiger partial charge is 0.452 e. The van der Waals surface area contributed by atoms with Crippen molar-refractivity contribution in [3.63, 3.8) is 0 Å². The van der Waals surface area contributed by atoms with Crippen molar-refractivity contribution in [2.75, 3.05) is 6.61 Å². The van der Waals surface area contributed by atoms with E-state index in [2.05, 4.69) is 21.2 Å². The smallest absolute Gasteiger partial charge is 0.338 e. The third-order valence-electron chi connectivity index (χ3n) is 2.73. The Morgan fingerprint density at radius 1 is 1.48 bits per heavy atom. The van der Waals surface area contributed by atoms with Gasteiger partial charge in [-0.2, -0.15) is 0 Å². The van der Waals surface area contributed by atoms with Crippen molar-refractivity contribution in [2.45, 2.75) is 26.3 Å². The van der Waals surface area contributed by atoms with Gasteiger partial charge in [-0.15, -0.1) is 0 Å². The average Bonchev–Trinajstić information content (AvgIpc) is 2.44. The number of amides is 1. The SMILES string of the molecule is CC[C@@H](C)NC(=O)COC(=O)c1ccc(Br)c([N+](=O)[O-])c1. The summed E-state index contributed by atoms with van der Waals surface area (Å²) in [7, 11) is 0. The van der Waals surface area contributed by atoms with E-state index < -0.39 is 23.4 Å². The van der Waals surface area contributed by atoms with E-state index in [4.69, 9.17) is 4.74 Å². The molecule has 1 aromatic rings.